The lowest BCUT2D eigenvalue weighted by Gasteiger charge is -2.24. The van der Waals surface area contributed by atoms with E-state index in [0.29, 0.717) is 6.54 Å². The molecule has 1 aliphatic heterocycles. The Hall–Kier alpha value is -1.93. The molecule has 0 aromatic carbocycles. The number of sulfonamides is 1. The fourth-order valence-electron chi connectivity index (χ4n) is 2.94. The van der Waals surface area contributed by atoms with Gasteiger partial charge in [-0.05, 0) is 31.9 Å². The molecule has 0 spiro atoms. The Balaban J connectivity index is 2.00. The Bertz CT molecular complexity index is 786. The molecule has 0 radical (unpaired) electrons. The molecule has 0 amide bonds. The van der Waals surface area contributed by atoms with Crippen LogP contribution < -0.4 is 4.90 Å². The molecule has 3 rings (SSSR count). The number of aromatic amines is 1. The summed E-state index contributed by atoms with van der Waals surface area (Å²) in [4.78, 5) is 6.79. The first kappa shape index (κ1) is 15.9. The number of rotatable bonds is 4. The molecule has 2 aromatic heterocycles. The summed E-state index contributed by atoms with van der Waals surface area (Å²) in [5.74, 6) is 0. The lowest BCUT2D eigenvalue weighted by atomic mass is 10.1. The maximum atomic E-state index is 12.8. The predicted octanol–water partition coefficient (Wildman–Crippen LogP) is 1.70. The molecule has 3 heterocycles. The highest BCUT2D eigenvalue weighted by molar-refractivity contribution is 7.89. The summed E-state index contributed by atoms with van der Waals surface area (Å²) in [7, 11) is 0.378. The zero-order valence-electron chi connectivity index (χ0n) is 13.5. The first-order valence-electron chi connectivity index (χ1n) is 7.56. The highest BCUT2D eigenvalue weighted by Crippen LogP contribution is 2.36. The summed E-state index contributed by atoms with van der Waals surface area (Å²) in [5.41, 5.74) is 2.72. The van der Waals surface area contributed by atoms with E-state index in [1.165, 1.54) is 12.4 Å². The van der Waals surface area contributed by atoms with Gasteiger partial charge in [0.15, 0.2) is 0 Å². The molecule has 1 aliphatic rings. The Morgan fingerprint density at radius 2 is 2.13 bits per heavy atom. The van der Waals surface area contributed by atoms with E-state index in [2.05, 4.69) is 15.2 Å². The van der Waals surface area contributed by atoms with Crippen LogP contribution in [0.25, 0.3) is 0 Å². The Kier molecular flexibility index (Phi) is 4.11. The number of nitrogens with one attached hydrogen (secondary N) is 1. The van der Waals surface area contributed by atoms with Crippen molar-refractivity contribution in [2.45, 2.75) is 30.7 Å². The maximum Gasteiger partial charge on any atom is 0.246 e. The number of hydrogen-bond acceptors (Lipinski definition) is 5. The number of aromatic nitrogens is 3. The van der Waals surface area contributed by atoms with Gasteiger partial charge in [0.1, 0.15) is 4.90 Å². The van der Waals surface area contributed by atoms with Gasteiger partial charge in [0.05, 0.1) is 17.9 Å². The zero-order chi connectivity index (χ0) is 16.6. The van der Waals surface area contributed by atoms with Crippen molar-refractivity contribution in [3.05, 3.63) is 35.9 Å². The van der Waals surface area contributed by atoms with Gasteiger partial charge in [0, 0.05) is 38.2 Å². The van der Waals surface area contributed by atoms with Crippen molar-refractivity contribution in [2.24, 2.45) is 0 Å². The van der Waals surface area contributed by atoms with Crippen molar-refractivity contribution < 1.29 is 8.42 Å². The van der Waals surface area contributed by atoms with E-state index in [0.717, 1.165) is 29.9 Å². The van der Waals surface area contributed by atoms with Gasteiger partial charge in [-0.25, -0.2) is 8.42 Å². The number of nitrogens with zero attached hydrogens (tertiary/aromatic N) is 4. The fourth-order valence-corrected chi connectivity index (χ4v) is 4.52. The quantitative estimate of drug-likeness (QED) is 0.920. The van der Waals surface area contributed by atoms with E-state index >= 15 is 0 Å². The van der Waals surface area contributed by atoms with Crippen LogP contribution in [0.15, 0.2) is 29.4 Å². The molecular formula is C15H21N5O2S. The lowest BCUT2D eigenvalue weighted by Crippen LogP contribution is -2.31. The van der Waals surface area contributed by atoms with Crippen LogP contribution in [0.3, 0.4) is 0 Å². The number of hydrogen-bond donors (Lipinski definition) is 1. The summed E-state index contributed by atoms with van der Waals surface area (Å²) in [6.45, 7) is 2.44. The predicted molar refractivity (Wildman–Crippen MR) is 87.8 cm³/mol. The van der Waals surface area contributed by atoms with Crippen LogP contribution in [0.2, 0.25) is 0 Å². The first-order chi connectivity index (χ1) is 10.9. The zero-order valence-corrected chi connectivity index (χ0v) is 14.3. The van der Waals surface area contributed by atoms with Gasteiger partial charge in [-0.15, -0.1) is 0 Å². The second-order valence-electron chi connectivity index (χ2n) is 5.99. The highest BCUT2D eigenvalue weighted by Gasteiger charge is 2.37. The molecule has 8 heteroatoms. The summed E-state index contributed by atoms with van der Waals surface area (Å²) in [6.07, 6.45) is 4.37. The second-order valence-corrected chi connectivity index (χ2v) is 7.88. The van der Waals surface area contributed by atoms with Gasteiger partial charge in [0.25, 0.3) is 0 Å². The van der Waals surface area contributed by atoms with E-state index in [1.807, 2.05) is 38.1 Å². The van der Waals surface area contributed by atoms with Crippen molar-refractivity contribution >= 4 is 15.7 Å². The standard InChI is InChI=1S/C15H21N5O2S/c1-11-7-12(19(2)3)8-14(18-11)15-5-4-6-20(15)23(21,22)13-9-16-17-10-13/h7-10,15H,4-6H2,1-3H3,(H,16,17). The third kappa shape index (κ3) is 2.96. The average Bonchev–Trinajstić information content (AvgIpc) is 3.18. The van der Waals surface area contributed by atoms with Crippen molar-refractivity contribution in [1.29, 1.82) is 0 Å². The van der Waals surface area contributed by atoms with Gasteiger partial charge >= 0.3 is 0 Å². The van der Waals surface area contributed by atoms with Crippen molar-refractivity contribution in [3.8, 4) is 0 Å². The molecule has 0 saturated carbocycles. The van der Waals surface area contributed by atoms with Crippen LogP contribution in [-0.4, -0.2) is 48.5 Å². The maximum absolute atomic E-state index is 12.8. The third-order valence-corrected chi connectivity index (χ3v) is 5.97. The Morgan fingerprint density at radius 3 is 2.78 bits per heavy atom. The smallest absolute Gasteiger partial charge is 0.246 e. The molecule has 124 valence electrons. The molecule has 0 aliphatic carbocycles. The van der Waals surface area contributed by atoms with Gasteiger partial charge < -0.3 is 4.90 Å². The molecule has 1 fully saturated rings. The van der Waals surface area contributed by atoms with Crippen LogP contribution in [0, 0.1) is 6.92 Å². The largest absolute Gasteiger partial charge is 0.378 e. The molecule has 1 atom stereocenters. The number of H-pyrrole nitrogens is 1. The summed E-state index contributed by atoms with van der Waals surface area (Å²) in [6, 6.07) is 3.74. The SMILES string of the molecule is Cc1cc(N(C)C)cc(C2CCCN2S(=O)(=O)c2cn[nH]c2)n1. The monoisotopic (exact) mass is 335 g/mol. The van der Waals surface area contributed by atoms with E-state index in [1.54, 1.807) is 4.31 Å². The fraction of sp³-hybridized carbons (Fsp3) is 0.467. The molecule has 1 N–H and O–H groups in total. The average molecular weight is 335 g/mol. The van der Waals surface area contributed by atoms with Crippen LogP contribution >= 0.6 is 0 Å². The highest BCUT2D eigenvalue weighted by atomic mass is 32.2. The Labute approximate surface area is 136 Å². The first-order valence-corrected chi connectivity index (χ1v) is 9.00. The van der Waals surface area contributed by atoms with Gasteiger partial charge in [-0.1, -0.05) is 0 Å². The van der Waals surface area contributed by atoms with E-state index in [9.17, 15) is 8.42 Å². The van der Waals surface area contributed by atoms with Gasteiger partial charge in [-0.2, -0.15) is 9.40 Å². The molecule has 7 nitrogen and oxygen atoms in total. The van der Waals surface area contributed by atoms with Crippen molar-refractivity contribution in [1.82, 2.24) is 19.5 Å². The molecular weight excluding hydrogens is 314 g/mol. The topological polar surface area (TPSA) is 82.2 Å². The molecule has 1 saturated heterocycles. The normalized spacial score (nSPS) is 19.2. The lowest BCUT2D eigenvalue weighted by molar-refractivity contribution is 0.390. The molecule has 2 aromatic rings. The van der Waals surface area contributed by atoms with Gasteiger partial charge in [0.2, 0.25) is 10.0 Å². The summed E-state index contributed by atoms with van der Waals surface area (Å²) < 4.78 is 27.2. The number of pyridine rings is 1. The van der Waals surface area contributed by atoms with E-state index in [4.69, 9.17) is 0 Å². The third-order valence-electron chi connectivity index (χ3n) is 4.10. The molecule has 23 heavy (non-hydrogen) atoms. The van der Waals surface area contributed by atoms with E-state index < -0.39 is 10.0 Å². The van der Waals surface area contributed by atoms with Crippen molar-refractivity contribution in [2.75, 3.05) is 25.5 Å². The minimum absolute atomic E-state index is 0.199. The minimum atomic E-state index is -3.55. The molecule has 1 unspecified atom stereocenters. The van der Waals surface area contributed by atoms with Crippen LogP contribution in [0.4, 0.5) is 5.69 Å². The molecule has 0 bridgehead atoms. The van der Waals surface area contributed by atoms with Crippen molar-refractivity contribution in [3.63, 3.8) is 0 Å². The van der Waals surface area contributed by atoms with Crippen LogP contribution in [0.5, 0.6) is 0 Å². The van der Waals surface area contributed by atoms with E-state index in [-0.39, 0.29) is 10.9 Å². The number of aryl methyl sites for hydroxylation is 1. The number of anilines is 1. The Morgan fingerprint density at radius 1 is 1.35 bits per heavy atom. The summed E-state index contributed by atoms with van der Waals surface area (Å²) in [5, 5.41) is 6.32. The second kappa shape index (κ2) is 5.93. The van der Waals surface area contributed by atoms with Crippen LogP contribution in [0.1, 0.15) is 30.3 Å². The van der Waals surface area contributed by atoms with Gasteiger partial charge in [-0.3, -0.25) is 10.1 Å². The minimum Gasteiger partial charge on any atom is -0.378 e. The van der Waals surface area contributed by atoms with Crippen LogP contribution in [-0.2, 0) is 10.0 Å². The summed E-state index contributed by atoms with van der Waals surface area (Å²) >= 11 is 0.